The van der Waals surface area contributed by atoms with E-state index in [1.54, 1.807) is 36.4 Å². The molecule has 0 spiro atoms. The van der Waals surface area contributed by atoms with Crippen molar-refractivity contribution in [2.24, 2.45) is 0 Å². The maximum absolute atomic E-state index is 11.8. The molecule has 0 heterocycles. The standard InChI is InChI=1S/C29H28O8/c1-16-7-8-22(13-17(16)2)29(23-9-11-25(34-18(3)30)27(14-23)36-20(5)32)24-10-12-26(35-19(4)31)28(15-24)37-21(6)33/h7-15,29H,1-6H3. The summed E-state index contributed by atoms with van der Waals surface area (Å²) in [4.78, 5) is 46.7. The third-order valence-corrected chi connectivity index (χ3v) is 5.48. The highest BCUT2D eigenvalue weighted by Crippen LogP contribution is 2.41. The van der Waals surface area contributed by atoms with Crippen LogP contribution in [0.3, 0.4) is 0 Å². The fraction of sp³-hybridized carbons (Fsp3) is 0.241. The fourth-order valence-corrected chi connectivity index (χ4v) is 3.88. The van der Waals surface area contributed by atoms with Crippen molar-refractivity contribution in [3.8, 4) is 23.0 Å². The Kier molecular flexibility index (Phi) is 8.45. The van der Waals surface area contributed by atoms with Gasteiger partial charge in [-0.25, -0.2) is 0 Å². The second-order valence-corrected chi connectivity index (χ2v) is 8.56. The lowest BCUT2D eigenvalue weighted by molar-refractivity contribution is -0.134. The number of carbonyl (C=O) groups is 4. The quantitative estimate of drug-likeness (QED) is 0.246. The van der Waals surface area contributed by atoms with Gasteiger partial charge in [-0.15, -0.1) is 0 Å². The van der Waals surface area contributed by atoms with Crippen molar-refractivity contribution in [3.63, 3.8) is 0 Å². The van der Waals surface area contributed by atoms with E-state index in [-0.39, 0.29) is 23.0 Å². The van der Waals surface area contributed by atoms with Gasteiger partial charge in [0.15, 0.2) is 23.0 Å². The zero-order valence-corrected chi connectivity index (χ0v) is 21.5. The average molecular weight is 505 g/mol. The van der Waals surface area contributed by atoms with Crippen LogP contribution in [0.25, 0.3) is 0 Å². The highest BCUT2D eigenvalue weighted by molar-refractivity contribution is 5.75. The molecule has 0 bridgehead atoms. The zero-order chi connectivity index (χ0) is 27.3. The van der Waals surface area contributed by atoms with Crippen molar-refractivity contribution in [3.05, 3.63) is 82.4 Å². The van der Waals surface area contributed by atoms with E-state index in [1.165, 1.54) is 27.7 Å². The maximum Gasteiger partial charge on any atom is 0.308 e. The number of carbonyl (C=O) groups excluding carboxylic acids is 4. The Morgan fingerprint density at radius 3 is 1.22 bits per heavy atom. The Balaban J connectivity index is 2.24. The topological polar surface area (TPSA) is 105 Å². The molecule has 8 nitrogen and oxygen atoms in total. The van der Waals surface area contributed by atoms with Gasteiger partial charge >= 0.3 is 23.9 Å². The summed E-state index contributed by atoms with van der Waals surface area (Å²) in [5, 5.41) is 0. The number of esters is 4. The normalized spacial score (nSPS) is 10.6. The molecular formula is C29H28O8. The molecule has 0 fully saturated rings. The third kappa shape index (κ3) is 7.04. The lowest BCUT2D eigenvalue weighted by Crippen LogP contribution is -2.11. The van der Waals surface area contributed by atoms with Gasteiger partial charge in [0.1, 0.15) is 0 Å². The molecule has 0 aliphatic carbocycles. The molecule has 8 heteroatoms. The van der Waals surface area contributed by atoms with Crippen LogP contribution in [0.1, 0.15) is 61.4 Å². The van der Waals surface area contributed by atoms with Gasteiger partial charge in [0, 0.05) is 33.6 Å². The minimum Gasteiger partial charge on any atom is -0.423 e. The summed E-state index contributed by atoms with van der Waals surface area (Å²) >= 11 is 0. The van der Waals surface area contributed by atoms with Crippen LogP contribution >= 0.6 is 0 Å². The third-order valence-electron chi connectivity index (χ3n) is 5.48. The van der Waals surface area contributed by atoms with Crippen LogP contribution in [-0.2, 0) is 19.2 Å². The fourth-order valence-electron chi connectivity index (χ4n) is 3.88. The van der Waals surface area contributed by atoms with E-state index in [1.807, 2.05) is 32.0 Å². The van der Waals surface area contributed by atoms with Crippen molar-refractivity contribution >= 4 is 23.9 Å². The van der Waals surface area contributed by atoms with E-state index in [4.69, 9.17) is 18.9 Å². The zero-order valence-electron chi connectivity index (χ0n) is 21.5. The smallest absolute Gasteiger partial charge is 0.308 e. The minimum absolute atomic E-state index is 0.0887. The van der Waals surface area contributed by atoms with Crippen LogP contribution < -0.4 is 18.9 Å². The first-order chi connectivity index (χ1) is 17.4. The predicted molar refractivity (Wildman–Crippen MR) is 135 cm³/mol. The molecule has 0 aromatic heterocycles. The second-order valence-electron chi connectivity index (χ2n) is 8.56. The molecule has 0 aliphatic rings. The first-order valence-corrected chi connectivity index (χ1v) is 11.5. The largest absolute Gasteiger partial charge is 0.423 e. The molecule has 0 radical (unpaired) electrons. The SMILES string of the molecule is CC(=O)Oc1ccc(C(c2ccc(C)c(C)c2)c2ccc(OC(C)=O)c(OC(C)=O)c2)cc1OC(C)=O. The van der Waals surface area contributed by atoms with Crippen molar-refractivity contribution < 1.29 is 38.1 Å². The summed E-state index contributed by atoms with van der Waals surface area (Å²) in [6, 6.07) is 15.9. The second kappa shape index (κ2) is 11.5. The van der Waals surface area contributed by atoms with E-state index < -0.39 is 29.8 Å². The minimum atomic E-state index is -0.573. The number of benzene rings is 3. The Morgan fingerprint density at radius 1 is 0.486 bits per heavy atom. The van der Waals surface area contributed by atoms with Gasteiger partial charge in [-0.1, -0.05) is 30.3 Å². The first kappa shape index (κ1) is 27.1. The number of aryl methyl sites for hydroxylation is 2. The summed E-state index contributed by atoms with van der Waals surface area (Å²) in [7, 11) is 0. The molecule has 192 valence electrons. The van der Waals surface area contributed by atoms with E-state index in [0.717, 1.165) is 16.7 Å². The highest BCUT2D eigenvalue weighted by atomic mass is 16.6. The molecule has 3 aromatic carbocycles. The van der Waals surface area contributed by atoms with Gasteiger partial charge in [-0.05, 0) is 65.9 Å². The average Bonchev–Trinajstić information content (AvgIpc) is 2.78. The molecular weight excluding hydrogens is 476 g/mol. The Hall–Kier alpha value is -4.46. The van der Waals surface area contributed by atoms with Crippen molar-refractivity contribution in [1.29, 1.82) is 0 Å². The summed E-state index contributed by atoms with van der Waals surface area (Å²) < 4.78 is 21.1. The molecule has 0 atom stereocenters. The summed E-state index contributed by atoms with van der Waals surface area (Å²) in [5.74, 6) is -2.28. The maximum atomic E-state index is 11.8. The van der Waals surface area contributed by atoms with Gasteiger partial charge in [0.05, 0.1) is 0 Å². The van der Waals surface area contributed by atoms with Crippen LogP contribution in [-0.4, -0.2) is 23.9 Å². The van der Waals surface area contributed by atoms with Crippen LogP contribution in [0.4, 0.5) is 0 Å². The van der Waals surface area contributed by atoms with Crippen LogP contribution in [0.15, 0.2) is 54.6 Å². The molecule has 37 heavy (non-hydrogen) atoms. The molecule has 0 saturated heterocycles. The van der Waals surface area contributed by atoms with E-state index in [2.05, 4.69) is 0 Å². The van der Waals surface area contributed by atoms with E-state index in [0.29, 0.717) is 11.1 Å². The van der Waals surface area contributed by atoms with Crippen molar-refractivity contribution in [2.45, 2.75) is 47.5 Å². The van der Waals surface area contributed by atoms with Gasteiger partial charge in [-0.2, -0.15) is 0 Å². The van der Waals surface area contributed by atoms with Gasteiger partial charge in [0.25, 0.3) is 0 Å². The summed E-state index contributed by atoms with van der Waals surface area (Å²) in [6.07, 6.45) is 0. The monoisotopic (exact) mass is 504 g/mol. The van der Waals surface area contributed by atoms with Crippen molar-refractivity contribution in [1.82, 2.24) is 0 Å². The van der Waals surface area contributed by atoms with Gasteiger partial charge in [0.2, 0.25) is 0 Å². The molecule has 3 aromatic rings. The van der Waals surface area contributed by atoms with E-state index in [9.17, 15) is 19.2 Å². The molecule has 0 unspecified atom stereocenters. The lowest BCUT2D eigenvalue weighted by Gasteiger charge is -2.22. The van der Waals surface area contributed by atoms with Crippen LogP contribution in [0.5, 0.6) is 23.0 Å². The lowest BCUT2D eigenvalue weighted by atomic mass is 9.83. The number of hydrogen-bond acceptors (Lipinski definition) is 8. The van der Waals surface area contributed by atoms with Gasteiger partial charge in [-0.3, -0.25) is 19.2 Å². The highest BCUT2D eigenvalue weighted by Gasteiger charge is 2.23. The molecule has 3 rings (SSSR count). The number of ether oxygens (including phenoxy) is 4. The molecule has 0 saturated carbocycles. The Bertz CT molecular complexity index is 1290. The van der Waals surface area contributed by atoms with Crippen LogP contribution in [0, 0.1) is 13.8 Å². The Labute approximate surface area is 215 Å². The summed E-state index contributed by atoms with van der Waals surface area (Å²) in [5.41, 5.74) is 4.51. The molecule has 0 N–H and O–H groups in total. The predicted octanol–water partition coefficient (Wildman–Crippen LogP) is 5.18. The molecule has 0 aliphatic heterocycles. The number of hydrogen-bond donors (Lipinski definition) is 0. The summed E-state index contributed by atoms with van der Waals surface area (Å²) in [6.45, 7) is 9.02. The van der Waals surface area contributed by atoms with Crippen LogP contribution in [0.2, 0.25) is 0 Å². The van der Waals surface area contributed by atoms with Crippen molar-refractivity contribution in [2.75, 3.05) is 0 Å². The Morgan fingerprint density at radius 2 is 0.838 bits per heavy atom. The first-order valence-electron chi connectivity index (χ1n) is 11.5. The number of rotatable bonds is 7. The van der Waals surface area contributed by atoms with E-state index >= 15 is 0 Å². The molecule has 0 amide bonds. The van der Waals surface area contributed by atoms with Gasteiger partial charge < -0.3 is 18.9 Å².